The van der Waals surface area contributed by atoms with Gasteiger partial charge in [0.05, 0.1) is 5.41 Å². The molecular weight excluding hydrogens is 795 g/mol. The lowest BCUT2D eigenvalue weighted by atomic mass is 9.65. The Morgan fingerprint density at radius 3 is 1.18 bits per heavy atom. The maximum absolute atomic E-state index is 2.49. The van der Waals surface area contributed by atoms with E-state index in [9.17, 15) is 0 Å². The third kappa shape index (κ3) is 5.87. The lowest BCUT2D eigenvalue weighted by Crippen LogP contribution is -2.29. The molecule has 0 saturated heterocycles. The molecule has 66 heavy (non-hydrogen) atoms. The van der Waals surface area contributed by atoms with Crippen LogP contribution in [-0.2, 0) is 5.41 Å². The molecule has 0 amide bonds. The van der Waals surface area contributed by atoms with Crippen molar-refractivity contribution < 1.29 is 0 Å². The van der Waals surface area contributed by atoms with Gasteiger partial charge in [-0.15, -0.1) is 0 Å². The molecule has 0 aliphatic heterocycles. The fourth-order valence-corrected chi connectivity index (χ4v) is 11.2. The normalized spacial score (nSPS) is 12.7. The van der Waals surface area contributed by atoms with Gasteiger partial charge in [0, 0.05) is 17.1 Å². The highest BCUT2D eigenvalue weighted by Gasteiger charge is 2.49. The van der Waals surface area contributed by atoms with Crippen molar-refractivity contribution in [2.75, 3.05) is 4.90 Å². The van der Waals surface area contributed by atoms with Crippen LogP contribution in [0.4, 0.5) is 17.1 Å². The van der Waals surface area contributed by atoms with Crippen LogP contribution in [0.1, 0.15) is 22.3 Å². The first-order valence-corrected chi connectivity index (χ1v) is 22.9. The second kappa shape index (κ2) is 15.3. The van der Waals surface area contributed by atoms with Crippen molar-refractivity contribution in [1.82, 2.24) is 0 Å². The molecule has 0 aromatic heterocycles. The summed E-state index contributed by atoms with van der Waals surface area (Å²) >= 11 is 0. The SMILES string of the molecule is c1ccc(-c2ccc(N(c3ccc(-c4ccc5c(c4)C4(c6ccccc6-c6ccccc6-c6ccccc64)c4ccccc4-5)cc3)c3ccc(-c4cccc5ccccc45)cc3)cc2)cc1. The highest BCUT2D eigenvalue weighted by atomic mass is 15.1. The van der Waals surface area contributed by atoms with Gasteiger partial charge in [0.2, 0.25) is 0 Å². The van der Waals surface area contributed by atoms with E-state index in [1.165, 1.54) is 99.8 Å². The average Bonchev–Trinajstić information content (AvgIpc) is 3.63. The third-order valence-electron chi connectivity index (χ3n) is 14.1. The molecular formula is C65H43N. The molecule has 0 heterocycles. The summed E-state index contributed by atoms with van der Waals surface area (Å²) in [6.45, 7) is 0. The van der Waals surface area contributed by atoms with E-state index in [1.54, 1.807) is 0 Å². The van der Waals surface area contributed by atoms with Crippen LogP contribution in [0.25, 0.3) is 77.5 Å². The van der Waals surface area contributed by atoms with Gasteiger partial charge in [-0.3, -0.25) is 0 Å². The predicted molar refractivity (Wildman–Crippen MR) is 277 cm³/mol. The van der Waals surface area contributed by atoms with Gasteiger partial charge in [-0.25, -0.2) is 0 Å². The van der Waals surface area contributed by atoms with Crippen molar-refractivity contribution >= 4 is 27.8 Å². The second-order valence-corrected chi connectivity index (χ2v) is 17.6. The highest BCUT2D eigenvalue weighted by Crippen LogP contribution is 2.61. The molecule has 1 heteroatoms. The molecule has 11 aromatic carbocycles. The first-order chi connectivity index (χ1) is 32.7. The minimum atomic E-state index is -0.519. The Hall–Kier alpha value is -8.52. The monoisotopic (exact) mass is 837 g/mol. The Bertz CT molecular complexity index is 3550. The van der Waals surface area contributed by atoms with Crippen molar-refractivity contribution in [1.29, 1.82) is 0 Å². The zero-order valence-electron chi connectivity index (χ0n) is 36.3. The van der Waals surface area contributed by atoms with E-state index in [4.69, 9.17) is 0 Å². The van der Waals surface area contributed by atoms with Crippen LogP contribution < -0.4 is 4.90 Å². The van der Waals surface area contributed by atoms with E-state index >= 15 is 0 Å². The van der Waals surface area contributed by atoms with Crippen LogP contribution in [0.5, 0.6) is 0 Å². The van der Waals surface area contributed by atoms with E-state index in [2.05, 4.69) is 266 Å². The van der Waals surface area contributed by atoms with Crippen molar-refractivity contribution in [2.24, 2.45) is 0 Å². The molecule has 0 atom stereocenters. The molecule has 0 bridgehead atoms. The number of hydrogen-bond acceptors (Lipinski definition) is 1. The summed E-state index contributed by atoms with van der Waals surface area (Å²) in [6, 6.07) is 96.4. The van der Waals surface area contributed by atoms with Crippen LogP contribution in [0, 0.1) is 0 Å². The van der Waals surface area contributed by atoms with Crippen LogP contribution in [0.3, 0.4) is 0 Å². The number of benzene rings is 11. The highest BCUT2D eigenvalue weighted by molar-refractivity contribution is 5.99. The predicted octanol–water partition coefficient (Wildman–Crippen LogP) is 17.3. The van der Waals surface area contributed by atoms with Crippen LogP contribution in [0.2, 0.25) is 0 Å². The molecule has 2 aliphatic carbocycles. The first-order valence-electron chi connectivity index (χ1n) is 22.9. The van der Waals surface area contributed by atoms with Crippen molar-refractivity contribution in [3.8, 4) is 66.8 Å². The summed E-state index contributed by atoms with van der Waals surface area (Å²) in [4.78, 5) is 2.37. The van der Waals surface area contributed by atoms with Gasteiger partial charge in [0.25, 0.3) is 0 Å². The summed E-state index contributed by atoms with van der Waals surface area (Å²) in [5, 5.41) is 2.51. The smallest absolute Gasteiger partial charge is 0.0725 e. The van der Waals surface area contributed by atoms with Gasteiger partial charge in [0.15, 0.2) is 0 Å². The number of fused-ring (bicyclic) bond motifs is 13. The molecule has 0 N–H and O–H groups in total. The van der Waals surface area contributed by atoms with Gasteiger partial charge in [-0.05, 0) is 142 Å². The van der Waals surface area contributed by atoms with E-state index in [-0.39, 0.29) is 0 Å². The second-order valence-electron chi connectivity index (χ2n) is 17.6. The molecule has 2 aliphatic rings. The molecule has 11 aromatic rings. The van der Waals surface area contributed by atoms with Gasteiger partial charge in [0.1, 0.15) is 0 Å². The minimum absolute atomic E-state index is 0.519. The molecule has 1 nitrogen and oxygen atoms in total. The van der Waals surface area contributed by atoms with Crippen LogP contribution in [0.15, 0.2) is 261 Å². The lowest BCUT2D eigenvalue weighted by Gasteiger charge is -2.35. The summed E-state index contributed by atoms with van der Waals surface area (Å²) in [7, 11) is 0. The Labute approximate surface area is 386 Å². The summed E-state index contributed by atoms with van der Waals surface area (Å²) < 4.78 is 0. The first kappa shape index (κ1) is 38.0. The zero-order chi connectivity index (χ0) is 43.6. The molecule has 0 unspecified atom stereocenters. The number of nitrogens with zero attached hydrogens (tertiary/aromatic N) is 1. The Morgan fingerprint density at radius 2 is 0.606 bits per heavy atom. The number of hydrogen-bond donors (Lipinski definition) is 0. The molecule has 13 rings (SSSR count). The molecule has 0 saturated carbocycles. The fourth-order valence-electron chi connectivity index (χ4n) is 11.2. The Balaban J connectivity index is 0.939. The van der Waals surface area contributed by atoms with Crippen LogP contribution in [-0.4, -0.2) is 0 Å². The maximum atomic E-state index is 2.49. The van der Waals surface area contributed by atoms with Crippen molar-refractivity contribution in [2.45, 2.75) is 5.41 Å². The average molecular weight is 838 g/mol. The standard InChI is InChI=1S/C65H43N/c1-2-15-44(16-3-1)45-29-36-50(37-30-45)66(52-40-33-48(34-41-52)54-25-14-18-47-17-4-5-19-53(47)54)51-38-31-46(32-39-51)49-35-42-60-59-24-10-13-28-63(59)65(64(60)43-49)61-26-11-8-22-57(61)55-20-6-7-21-56(55)58-23-9-12-27-62(58)65/h1-43H. The van der Waals surface area contributed by atoms with E-state index < -0.39 is 5.41 Å². The molecule has 0 fully saturated rings. The lowest BCUT2D eigenvalue weighted by molar-refractivity contribution is 0.775. The van der Waals surface area contributed by atoms with E-state index in [0.717, 1.165) is 17.1 Å². The van der Waals surface area contributed by atoms with Gasteiger partial charge < -0.3 is 4.90 Å². The maximum Gasteiger partial charge on any atom is 0.0725 e. The van der Waals surface area contributed by atoms with Crippen LogP contribution >= 0.6 is 0 Å². The molecule has 1 spiro atoms. The van der Waals surface area contributed by atoms with Gasteiger partial charge >= 0.3 is 0 Å². The minimum Gasteiger partial charge on any atom is -0.311 e. The molecule has 308 valence electrons. The van der Waals surface area contributed by atoms with Gasteiger partial charge in [-0.2, -0.15) is 0 Å². The summed E-state index contributed by atoms with van der Waals surface area (Å²) in [6.07, 6.45) is 0. The Morgan fingerprint density at radius 1 is 0.227 bits per heavy atom. The van der Waals surface area contributed by atoms with Crippen molar-refractivity contribution in [3.05, 3.63) is 283 Å². The number of rotatable bonds is 6. The fraction of sp³-hybridized carbons (Fsp3) is 0.0154. The van der Waals surface area contributed by atoms with Gasteiger partial charge in [-0.1, -0.05) is 218 Å². The van der Waals surface area contributed by atoms with Crippen molar-refractivity contribution in [3.63, 3.8) is 0 Å². The summed E-state index contributed by atoms with van der Waals surface area (Å²) in [5.41, 5.74) is 23.0. The van der Waals surface area contributed by atoms with E-state index in [0.29, 0.717) is 0 Å². The zero-order valence-corrected chi connectivity index (χ0v) is 36.3. The summed E-state index contributed by atoms with van der Waals surface area (Å²) in [5.74, 6) is 0. The number of anilines is 3. The topological polar surface area (TPSA) is 3.24 Å². The quantitative estimate of drug-likeness (QED) is 0.161. The largest absolute Gasteiger partial charge is 0.311 e. The third-order valence-corrected chi connectivity index (χ3v) is 14.1. The molecule has 0 radical (unpaired) electrons. The van der Waals surface area contributed by atoms with E-state index in [1.807, 2.05) is 0 Å². The Kier molecular flexibility index (Phi) is 8.82.